The van der Waals surface area contributed by atoms with Crippen LogP contribution in [0.15, 0.2) is 30.3 Å². The average molecular weight is 905 g/mol. The number of alkyl halides is 5. The molecular weight excluding hydrogens is 852 g/mol. The van der Waals surface area contributed by atoms with E-state index in [1.165, 1.54) is 23.6 Å². The Kier molecular flexibility index (Phi) is 14.5. The molecule has 1 saturated heterocycles. The summed E-state index contributed by atoms with van der Waals surface area (Å²) in [6, 6.07) is 4.65. The number of ether oxygens (including phenoxy) is 2. The normalized spacial score (nSPS) is 19.0. The van der Waals surface area contributed by atoms with Crippen molar-refractivity contribution in [2.75, 3.05) is 31.1 Å². The molecule has 5 amide bonds. The number of nitrogens with one attached hydrogen (secondary N) is 1. The first-order valence-electron chi connectivity index (χ1n) is 20.2. The fourth-order valence-electron chi connectivity index (χ4n) is 7.77. The monoisotopic (exact) mass is 903 g/mol. The molecule has 0 aromatic heterocycles. The Bertz CT molecular complexity index is 2010. The van der Waals surface area contributed by atoms with Crippen molar-refractivity contribution in [2.24, 2.45) is 0 Å². The molecular formula is C42H52Cl2F5N5O7. The lowest BCUT2D eigenvalue weighted by molar-refractivity contribution is -0.138. The Hall–Kier alpha value is -4.38. The molecule has 2 heterocycles. The van der Waals surface area contributed by atoms with Crippen molar-refractivity contribution >= 4 is 58.6 Å². The molecule has 2 aliphatic heterocycles. The number of nitrogens with zero attached hydrogens (tertiary/aromatic N) is 4. The van der Waals surface area contributed by atoms with Crippen LogP contribution in [-0.2, 0) is 31.7 Å². The van der Waals surface area contributed by atoms with Gasteiger partial charge in [-0.1, -0.05) is 29.3 Å². The number of rotatable bonds is 13. The Balaban J connectivity index is 1.44. The highest BCUT2D eigenvalue weighted by Crippen LogP contribution is 2.45. The van der Waals surface area contributed by atoms with Crippen LogP contribution in [0.3, 0.4) is 0 Å². The zero-order valence-electron chi connectivity index (χ0n) is 35.1. The largest absolute Gasteiger partial charge is 0.476 e. The van der Waals surface area contributed by atoms with Gasteiger partial charge < -0.3 is 34.4 Å². The van der Waals surface area contributed by atoms with Gasteiger partial charge in [0, 0.05) is 44.3 Å². The highest BCUT2D eigenvalue weighted by Gasteiger charge is 2.46. The minimum atomic E-state index is -5.07. The minimum Gasteiger partial charge on any atom is -0.476 e. The topological polar surface area (TPSA) is 129 Å². The van der Waals surface area contributed by atoms with Crippen LogP contribution >= 0.6 is 23.2 Å². The summed E-state index contributed by atoms with van der Waals surface area (Å²) in [5.41, 5.74) is -4.25. The van der Waals surface area contributed by atoms with Crippen LogP contribution in [0.5, 0.6) is 5.75 Å². The number of amides is 5. The van der Waals surface area contributed by atoms with Crippen molar-refractivity contribution in [3.05, 3.63) is 57.1 Å². The van der Waals surface area contributed by atoms with E-state index >= 15 is 0 Å². The van der Waals surface area contributed by atoms with E-state index in [2.05, 4.69) is 0 Å². The van der Waals surface area contributed by atoms with E-state index in [1.807, 2.05) is 5.32 Å². The van der Waals surface area contributed by atoms with E-state index in [0.29, 0.717) is 41.1 Å². The van der Waals surface area contributed by atoms with Gasteiger partial charge in [-0.2, -0.15) is 22.0 Å². The highest BCUT2D eigenvalue weighted by atomic mass is 35.5. The first kappa shape index (κ1) is 47.7. The molecule has 5 rings (SSSR count). The molecule has 61 heavy (non-hydrogen) atoms. The third-order valence-corrected chi connectivity index (χ3v) is 11.5. The number of hydrogen-bond acceptors (Lipinski definition) is 7. The molecule has 2 atom stereocenters. The van der Waals surface area contributed by atoms with E-state index in [-0.39, 0.29) is 42.8 Å². The third kappa shape index (κ3) is 11.6. The molecule has 2 fully saturated rings. The fourth-order valence-corrected chi connectivity index (χ4v) is 8.09. The first-order valence-corrected chi connectivity index (χ1v) is 20.9. The number of halogens is 7. The Morgan fingerprint density at radius 3 is 2.21 bits per heavy atom. The van der Waals surface area contributed by atoms with Crippen LogP contribution in [0, 0.1) is 0 Å². The van der Waals surface area contributed by atoms with Crippen LogP contribution < -0.4 is 15.0 Å². The van der Waals surface area contributed by atoms with Gasteiger partial charge in [0.1, 0.15) is 11.4 Å². The molecule has 12 nitrogen and oxygen atoms in total. The van der Waals surface area contributed by atoms with Crippen LogP contribution in [0.25, 0.3) is 0 Å². The number of benzene rings is 2. The van der Waals surface area contributed by atoms with E-state index in [0.717, 1.165) is 23.8 Å². The quantitative estimate of drug-likeness (QED) is 0.201. The summed E-state index contributed by atoms with van der Waals surface area (Å²) in [5.74, 6) is -3.87. The average Bonchev–Trinajstić information content (AvgIpc) is 3.99. The molecule has 2 aromatic carbocycles. The van der Waals surface area contributed by atoms with Crippen molar-refractivity contribution in [2.45, 2.75) is 135 Å². The first-order chi connectivity index (χ1) is 28.3. The van der Waals surface area contributed by atoms with Crippen LogP contribution in [0.2, 0.25) is 10.0 Å². The van der Waals surface area contributed by atoms with Crippen LogP contribution in [-0.4, -0.2) is 112 Å². The lowest BCUT2D eigenvalue weighted by atomic mass is 9.92. The lowest BCUT2D eigenvalue weighted by Crippen LogP contribution is -2.58. The molecule has 19 heteroatoms. The molecule has 0 unspecified atom stereocenters. The van der Waals surface area contributed by atoms with Crippen molar-refractivity contribution in [3.8, 4) is 5.75 Å². The smallest absolute Gasteiger partial charge is 0.417 e. The third-order valence-electron chi connectivity index (χ3n) is 10.7. The Labute approximate surface area is 361 Å². The van der Waals surface area contributed by atoms with E-state index < -0.39 is 90.0 Å². The number of piperidine rings is 1. The number of fused-ring (bicyclic) bond motifs is 1. The number of hydrogen-bond donors (Lipinski definition) is 1. The highest BCUT2D eigenvalue weighted by molar-refractivity contribution is 6.42. The molecule has 0 spiro atoms. The second-order valence-electron chi connectivity index (χ2n) is 17.4. The molecule has 336 valence electrons. The molecule has 3 aliphatic rings. The summed E-state index contributed by atoms with van der Waals surface area (Å²) in [5, 5.41) is 2.68. The zero-order chi connectivity index (χ0) is 45.4. The van der Waals surface area contributed by atoms with Crippen molar-refractivity contribution < 1.29 is 55.4 Å². The Morgan fingerprint density at radius 2 is 1.64 bits per heavy atom. The van der Waals surface area contributed by atoms with Gasteiger partial charge in [-0.05, 0) is 110 Å². The summed E-state index contributed by atoms with van der Waals surface area (Å²) in [7, 11) is 0. The number of carbonyl (C=O) groups is 5. The van der Waals surface area contributed by atoms with Crippen molar-refractivity contribution in [1.82, 2.24) is 20.0 Å². The van der Waals surface area contributed by atoms with Crippen molar-refractivity contribution in [3.63, 3.8) is 0 Å². The predicted octanol–water partition coefficient (Wildman–Crippen LogP) is 8.14. The number of anilines is 1. The second-order valence-corrected chi connectivity index (χ2v) is 18.2. The van der Waals surface area contributed by atoms with Gasteiger partial charge in [-0.25, -0.2) is 4.79 Å². The SMILES string of the molecule is CC(C)N(C(=O)c1cc2c(cc1C(F)(F)F)OC(C)(C)C(=O)N2CCNC(=O)C(F)F)[C@@H]1CC[C@H](CCN(C(=O)Cc2ccc(Cl)c(Cl)c2)C2CC2)N(C(=O)OC(C)(C)C)C1. The van der Waals surface area contributed by atoms with Gasteiger partial charge in [0.05, 0.1) is 39.3 Å². The van der Waals surface area contributed by atoms with Gasteiger partial charge in [0.15, 0.2) is 5.60 Å². The minimum absolute atomic E-state index is 0.0363. The number of carbonyl (C=O) groups excluding carboxylic acids is 5. The van der Waals surface area contributed by atoms with Gasteiger partial charge in [-0.3, -0.25) is 19.2 Å². The molecule has 0 radical (unpaired) electrons. The van der Waals surface area contributed by atoms with Gasteiger partial charge >= 0.3 is 18.7 Å². The van der Waals surface area contributed by atoms with Crippen LogP contribution in [0.1, 0.15) is 102 Å². The van der Waals surface area contributed by atoms with E-state index in [9.17, 15) is 45.9 Å². The summed E-state index contributed by atoms with van der Waals surface area (Å²) in [6.07, 6.45) is -6.36. The molecule has 1 N–H and O–H groups in total. The fraction of sp³-hybridized carbons (Fsp3) is 0.595. The zero-order valence-corrected chi connectivity index (χ0v) is 36.6. The summed E-state index contributed by atoms with van der Waals surface area (Å²) in [6.45, 7) is 10.3. The summed E-state index contributed by atoms with van der Waals surface area (Å²) in [4.78, 5) is 72.8. The number of likely N-dealkylation sites (tertiary alicyclic amines) is 1. The maximum absolute atomic E-state index is 14.9. The molecule has 1 saturated carbocycles. The summed E-state index contributed by atoms with van der Waals surface area (Å²) >= 11 is 12.3. The maximum atomic E-state index is 14.9. The molecule has 2 aromatic rings. The second kappa shape index (κ2) is 18.5. The Morgan fingerprint density at radius 1 is 0.984 bits per heavy atom. The maximum Gasteiger partial charge on any atom is 0.417 e. The van der Waals surface area contributed by atoms with Crippen LogP contribution in [0.4, 0.5) is 32.4 Å². The van der Waals surface area contributed by atoms with Gasteiger partial charge in [0.2, 0.25) is 5.91 Å². The van der Waals surface area contributed by atoms with Gasteiger partial charge in [0.25, 0.3) is 17.7 Å². The van der Waals surface area contributed by atoms with E-state index in [1.54, 1.807) is 57.7 Å². The standard InChI is InChI=1S/C42H52Cl2F5N5O7/c1-23(2)54(37(57)28-20-32-33(21-29(28)42(47,48)49)60-41(6,7)38(58)52(32)17-15-50-36(56)35(45)46)27-12-11-26(53(22-27)39(59)61-40(3,4)5)14-16-51(25-9-10-25)34(55)19-24-8-13-30(43)31(44)18-24/h8,13,18,20-21,23,25-27,35H,9-12,14-17,19,22H2,1-7H3,(H,50,56)/t26-,27-/m1/s1. The molecule has 0 bridgehead atoms. The van der Waals surface area contributed by atoms with E-state index in [4.69, 9.17) is 32.7 Å². The lowest BCUT2D eigenvalue weighted by Gasteiger charge is -2.46. The van der Waals surface area contributed by atoms with Crippen molar-refractivity contribution in [1.29, 1.82) is 0 Å². The summed E-state index contributed by atoms with van der Waals surface area (Å²) < 4.78 is 81.9. The van der Waals surface area contributed by atoms with Gasteiger partial charge in [-0.15, -0.1) is 0 Å². The molecule has 1 aliphatic carbocycles. The predicted molar refractivity (Wildman–Crippen MR) is 218 cm³/mol.